The van der Waals surface area contributed by atoms with Crippen LogP contribution in [0.15, 0.2) is 36.5 Å². The van der Waals surface area contributed by atoms with E-state index in [1.54, 1.807) is 17.2 Å². The second-order valence-electron chi connectivity index (χ2n) is 8.69. The van der Waals surface area contributed by atoms with Crippen molar-refractivity contribution >= 4 is 28.7 Å². The van der Waals surface area contributed by atoms with Crippen LogP contribution in [0, 0.1) is 11.7 Å². The van der Waals surface area contributed by atoms with Gasteiger partial charge in [-0.2, -0.15) is 0 Å². The van der Waals surface area contributed by atoms with Crippen molar-refractivity contribution in [3.05, 3.63) is 58.8 Å². The third-order valence-corrected chi connectivity index (χ3v) is 6.30. The van der Waals surface area contributed by atoms with Crippen molar-refractivity contribution in [1.82, 2.24) is 19.4 Å². The lowest BCUT2D eigenvalue weighted by Gasteiger charge is -2.25. The van der Waals surface area contributed by atoms with Gasteiger partial charge in [0.2, 0.25) is 0 Å². The van der Waals surface area contributed by atoms with Crippen LogP contribution in [0.25, 0.3) is 11.2 Å². The number of hydrogen-bond donors (Lipinski definition) is 0. The summed E-state index contributed by atoms with van der Waals surface area (Å²) in [6.45, 7) is 5.01. The highest BCUT2D eigenvalue weighted by atomic mass is 35.5. The molecule has 1 aliphatic carbocycles. The smallest absolute Gasteiger partial charge is 0.258 e. The number of halogens is 2. The average molecular weight is 443 g/mol. The van der Waals surface area contributed by atoms with E-state index in [1.807, 2.05) is 12.1 Å². The highest BCUT2D eigenvalue weighted by molar-refractivity contribution is 6.33. The molecule has 2 aromatic heterocycles. The molecule has 0 spiro atoms. The molecule has 1 amide bonds. The van der Waals surface area contributed by atoms with Gasteiger partial charge in [-0.25, -0.2) is 14.4 Å². The van der Waals surface area contributed by atoms with E-state index in [0.717, 1.165) is 36.3 Å². The first-order chi connectivity index (χ1) is 15.0. The molecule has 0 atom stereocenters. The van der Waals surface area contributed by atoms with Crippen LogP contribution < -0.4 is 0 Å². The Morgan fingerprint density at radius 1 is 1.26 bits per heavy atom. The average Bonchev–Trinajstić information content (AvgIpc) is 3.37. The van der Waals surface area contributed by atoms with Gasteiger partial charge in [0.15, 0.2) is 5.65 Å². The number of benzene rings is 1. The number of carbonyl (C=O) groups excluding carboxylic acids is 1. The van der Waals surface area contributed by atoms with E-state index in [0.29, 0.717) is 25.0 Å². The lowest BCUT2D eigenvalue weighted by atomic mass is 10.1. The van der Waals surface area contributed by atoms with Crippen LogP contribution in [0.4, 0.5) is 4.39 Å². The first-order valence-corrected chi connectivity index (χ1v) is 11.4. The van der Waals surface area contributed by atoms with E-state index in [2.05, 4.69) is 23.4 Å². The maximum atomic E-state index is 14.5. The summed E-state index contributed by atoms with van der Waals surface area (Å²) in [6, 6.07) is 8.49. The lowest BCUT2D eigenvalue weighted by Crippen LogP contribution is -2.34. The minimum atomic E-state index is -0.599. The van der Waals surface area contributed by atoms with Crippen LogP contribution in [-0.2, 0) is 6.54 Å². The summed E-state index contributed by atoms with van der Waals surface area (Å²) in [5, 5.41) is 0.130. The highest BCUT2D eigenvalue weighted by Gasteiger charge is 2.27. The largest absolute Gasteiger partial charge is 0.331 e. The van der Waals surface area contributed by atoms with Gasteiger partial charge in [-0.15, -0.1) is 0 Å². The Morgan fingerprint density at radius 3 is 2.74 bits per heavy atom. The number of carbonyl (C=O) groups is 1. The highest BCUT2D eigenvalue weighted by Crippen LogP contribution is 2.33. The van der Waals surface area contributed by atoms with Crippen LogP contribution in [0.3, 0.4) is 0 Å². The SMILES string of the molecule is CC(C)CCN(Cc1nc2cccnc2n1C1CCCC1)C(=O)c1c(F)cccc1Cl. The van der Waals surface area contributed by atoms with Gasteiger partial charge in [0, 0.05) is 18.8 Å². The molecule has 0 N–H and O–H groups in total. The molecule has 1 fully saturated rings. The molecule has 1 aliphatic rings. The second kappa shape index (κ2) is 9.35. The fourth-order valence-electron chi connectivity index (χ4n) is 4.33. The maximum absolute atomic E-state index is 14.5. The molecule has 0 bridgehead atoms. The molecule has 7 heteroatoms. The molecule has 0 saturated heterocycles. The first-order valence-electron chi connectivity index (χ1n) is 11.0. The predicted molar refractivity (Wildman–Crippen MR) is 121 cm³/mol. The molecule has 31 heavy (non-hydrogen) atoms. The van der Waals surface area contributed by atoms with E-state index in [-0.39, 0.29) is 10.6 Å². The lowest BCUT2D eigenvalue weighted by molar-refractivity contribution is 0.0724. The Labute approximate surface area is 187 Å². The van der Waals surface area contributed by atoms with Crippen molar-refractivity contribution in [3.63, 3.8) is 0 Å². The zero-order valence-corrected chi connectivity index (χ0v) is 18.8. The summed E-state index contributed by atoms with van der Waals surface area (Å²) in [5.74, 6) is 0.201. The van der Waals surface area contributed by atoms with Crippen LogP contribution in [-0.4, -0.2) is 31.9 Å². The third-order valence-electron chi connectivity index (χ3n) is 5.98. The summed E-state index contributed by atoms with van der Waals surface area (Å²) in [5.41, 5.74) is 1.60. The normalized spacial score (nSPS) is 14.6. The fraction of sp³-hybridized carbons (Fsp3) is 0.458. The summed E-state index contributed by atoms with van der Waals surface area (Å²) in [7, 11) is 0. The van der Waals surface area contributed by atoms with Crippen molar-refractivity contribution in [2.24, 2.45) is 5.92 Å². The number of hydrogen-bond acceptors (Lipinski definition) is 3. The molecule has 5 nitrogen and oxygen atoms in total. The molecule has 164 valence electrons. The Kier molecular flexibility index (Phi) is 6.56. The number of aromatic nitrogens is 3. The quantitative estimate of drug-likeness (QED) is 0.449. The van der Waals surface area contributed by atoms with E-state index in [9.17, 15) is 9.18 Å². The van der Waals surface area contributed by atoms with Crippen molar-refractivity contribution in [2.75, 3.05) is 6.54 Å². The predicted octanol–water partition coefficient (Wildman–Crippen LogP) is 6.03. The topological polar surface area (TPSA) is 51.0 Å². The summed E-state index contributed by atoms with van der Waals surface area (Å²) in [6.07, 6.45) is 7.09. The molecule has 0 radical (unpaired) electrons. The van der Waals surface area contributed by atoms with Crippen molar-refractivity contribution in [3.8, 4) is 0 Å². The monoisotopic (exact) mass is 442 g/mol. The number of pyridine rings is 1. The first kappa shape index (κ1) is 21.8. The zero-order valence-electron chi connectivity index (χ0n) is 18.0. The number of rotatable bonds is 7. The van der Waals surface area contributed by atoms with Gasteiger partial charge in [0.1, 0.15) is 17.2 Å². The molecular weight excluding hydrogens is 415 g/mol. The van der Waals surface area contributed by atoms with Gasteiger partial charge >= 0.3 is 0 Å². The number of imidazole rings is 1. The molecule has 0 aliphatic heterocycles. The molecular formula is C24H28ClFN4O. The third kappa shape index (κ3) is 4.59. The van der Waals surface area contributed by atoms with E-state index >= 15 is 0 Å². The Morgan fingerprint density at radius 2 is 2.03 bits per heavy atom. The van der Waals surface area contributed by atoms with E-state index in [1.165, 1.54) is 25.0 Å². The van der Waals surface area contributed by atoms with Gasteiger partial charge in [0.25, 0.3) is 5.91 Å². The van der Waals surface area contributed by atoms with Crippen LogP contribution in [0.2, 0.25) is 5.02 Å². The number of fused-ring (bicyclic) bond motifs is 1. The van der Waals surface area contributed by atoms with E-state index < -0.39 is 11.7 Å². The van der Waals surface area contributed by atoms with Gasteiger partial charge in [-0.1, -0.05) is 44.4 Å². The Balaban J connectivity index is 1.73. The minimum Gasteiger partial charge on any atom is -0.331 e. The molecule has 4 rings (SSSR count). The van der Waals surface area contributed by atoms with Gasteiger partial charge in [-0.05, 0) is 49.4 Å². The summed E-state index contributed by atoms with van der Waals surface area (Å²) < 4.78 is 16.7. The molecule has 3 aromatic rings. The van der Waals surface area contributed by atoms with Crippen LogP contribution >= 0.6 is 11.6 Å². The molecule has 0 unspecified atom stereocenters. The molecule has 2 heterocycles. The minimum absolute atomic E-state index is 0.0745. The maximum Gasteiger partial charge on any atom is 0.258 e. The van der Waals surface area contributed by atoms with Crippen LogP contribution in [0.5, 0.6) is 0 Å². The molecule has 1 saturated carbocycles. The van der Waals surface area contributed by atoms with Gasteiger partial charge < -0.3 is 9.47 Å². The molecule has 1 aromatic carbocycles. The Hall–Kier alpha value is -2.47. The van der Waals surface area contributed by atoms with Crippen molar-refractivity contribution in [1.29, 1.82) is 0 Å². The second-order valence-corrected chi connectivity index (χ2v) is 9.10. The number of amides is 1. The van der Waals surface area contributed by atoms with E-state index in [4.69, 9.17) is 16.6 Å². The van der Waals surface area contributed by atoms with Gasteiger partial charge in [0.05, 0.1) is 17.1 Å². The summed E-state index contributed by atoms with van der Waals surface area (Å²) in [4.78, 5) is 24.5. The fourth-order valence-corrected chi connectivity index (χ4v) is 4.58. The van der Waals surface area contributed by atoms with Crippen molar-refractivity contribution in [2.45, 2.75) is 58.5 Å². The zero-order chi connectivity index (χ0) is 22.0. The van der Waals surface area contributed by atoms with Crippen molar-refractivity contribution < 1.29 is 9.18 Å². The summed E-state index contributed by atoms with van der Waals surface area (Å²) >= 11 is 6.21. The Bertz CT molecular complexity index is 1050. The standard InChI is InChI=1S/C24H28ClFN4O/c1-16(2)12-14-29(24(31)22-18(25)9-5-10-19(22)26)15-21-28-20-11-6-13-27-23(20)30(21)17-7-3-4-8-17/h5-6,9-11,13,16-17H,3-4,7-8,12,14-15H2,1-2H3. The van der Waals surface area contributed by atoms with Crippen LogP contribution in [0.1, 0.15) is 68.2 Å². The van der Waals surface area contributed by atoms with Gasteiger partial charge in [-0.3, -0.25) is 4.79 Å². The number of nitrogens with zero attached hydrogens (tertiary/aromatic N) is 4.